The van der Waals surface area contributed by atoms with Crippen LogP contribution in [0.2, 0.25) is 0 Å². The molecule has 0 saturated carbocycles. The Bertz CT molecular complexity index is 379. The molecule has 0 radical (unpaired) electrons. The van der Waals surface area contributed by atoms with E-state index in [0.29, 0.717) is 11.3 Å². The molecule has 1 aromatic rings. The molecule has 0 heterocycles. The van der Waals surface area contributed by atoms with Crippen molar-refractivity contribution < 1.29 is 0 Å². The van der Waals surface area contributed by atoms with Crippen LogP contribution in [0.15, 0.2) is 18.2 Å². The second-order valence-electron chi connectivity index (χ2n) is 5.63. The lowest BCUT2D eigenvalue weighted by molar-refractivity contribution is 0.394. The van der Waals surface area contributed by atoms with Crippen LogP contribution in [0.4, 0.5) is 0 Å². The molecule has 0 bridgehead atoms. The summed E-state index contributed by atoms with van der Waals surface area (Å²) in [6.07, 6.45) is 3.61. The number of benzene rings is 1. The van der Waals surface area contributed by atoms with E-state index in [9.17, 15) is 0 Å². The van der Waals surface area contributed by atoms with Gasteiger partial charge in [0.2, 0.25) is 0 Å². The maximum atomic E-state index is 5.90. The lowest BCUT2D eigenvalue weighted by Crippen LogP contribution is -2.29. The second-order valence-corrected chi connectivity index (χ2v) is 5.63. The van der Waals surface area contributed by atoms with Crippen LogP contribution in [-0.4, -0.2) is 6.54 Å². The van der Waals surface area contributed by atoms with Crippen molar-refractivity contribution in [3.05, 3.63) is 34.9 Å². The van der Waals surface area contributed by atoms with Crippen LogP contribution in [0.5, 0.6) is 0 Å². The minimum Gasteiger partial charge on any atom is -0.330 e. The fraction of sp³-hybridized carbons (Fsp3) is 0.600. The van der Waals surface area contributed by atoms with E-state index in [0.717, 1.165) is 13.0 Å². The lowest BCUT2D eigenvalue weighted by Gasteiger charge is -2.37. The zero-order valence-electron chi connectivity index (χ0n) is 10.7. The summed E-state index contributed by atoms with van der Waals surface area (Å²) in [6, 6.07) is 6.99. The summed E-state index contributed by atoms with van der Waals surface area (Å²) >= 11 is 0. The molecule has 2 N–H and O–H groups in total. The summed E-state index contributed by atoms with van der Waals surface area (Å²) in [5.74, 6) is 0.578. The van der Waals surface area contributed by atoms with Crippen LogP contribution in [0.3, 0.4) is 0 Å². The monoisotopic (exact) mass is 217 g/mol. The standard InChI is InChI=1S/C15H23N/c1-4-11-5-6-14-13(9-11)12(10-16)7-8-15(14,2)3/h5-6,9,12H,4,7-8,10,16H2,1-3H3. The summed E-state index contributed by atoms with van der Waals surface area (Å²) in [7, 11) is 0. The van der Waals surface area contributed by atoms with E-state index >= 15 is 0 Å². The first-order chi connectivity index (χ1) is 7.58. The van der Waals surface area contributed by atoms with Crippen LogP contribution in [0.25, 0.3) is 0 Å². The summed E-state index contributed by atoms with van der Waals surface area (Å²) in [4.78, 5) is 0. The Morgan fingerprint density at radius 3 is 2.75 bits per heavy atom. The van der Waals surface area contributed by atoms with Crippen molar-refractivity contribution in [3.8, 4) is 0 Å². The van der Waals surface area contributed by atoms with Gasteiger partial charge in [-0.3, -0.25) is 0 Å². The molecule has 0 saturated heterocycles. The fourth-order valence-corrected chi connectivity index (χ4v) is 2.86. The molecule has 0 aromatic heterocycles. The zero-order valence-corrected chi connectivity index (χ0v) is 10.7. The molecular formula is C15H23N. The first-order valence-electron chi connectivity index (χ1n) is 6.42. The molecular weight excluding hydrogens is 194 g/mol. The van der Waals surface area contributed by atoms with Crippen molar-refractivity contribution in [2.24, 2.45) is 5.73 Å². The van der Waals surface area contributed by atoms with Crippen molar-refractivity contribution in [1.82, 2.24) is 0 Å². The van der Waals surface area contributed by atoms with Gasteiger partial charge in [-0.05, 0) is 53.8 Å². The minimum absolute atomic E-state index is 0.327. The third kappa shape index (κ3) is 1.89. The molecule has 1 heteroatoms. The first kappa shape index (κ1) is 11.7. The van der Waals surface area contributed by atoms with Gasteiger partial charge in [0.1, 0.15) is 0 Å². The fourth-order valence-electron chi connectivity index (χ4n) is 2.86. The van der Waals surface area contributed by atoms with Gasteiger partial charge in [-0.1, -0.05) is 39.0 Å². The Morgan fingerprint density at radius 1 is 1.38 bits per heavy atom. The maximum Gasteiger partial charge on any atom is -0.000812 e. The van der Waals surface area contributed by atoms with E-state index in [4.69, 9.17) is 5.73 Å². The van der Waals surface area contributed by atoms with Gasteiger partial charge < -0.3 is 5.73 Å². The number of hydrogen-bond acceptors (Lipinski definition) is 1. The third-order valence-electron chi connectivity index (χ3n) is 4.10. The predicted octanol–water partition coefficient (Wildman–Crippen LogP) is 3.36. The minimum atomic E-state index is 0.327. The van der Waals surface area contributed by atoms with Crippen LogP contribution in [0, 0.1) is 0 Å². The quantitative estimate of drug-likeness (QED) is 0.807. The van der Waals surface area contributed by atoms with E-state index in [1.54, 1.807) is 0 Å². The van der Waals surface area contributed by atoms with Crippen molar-refractivity contribution in [3.63, 3.8) is 0 Å². The third-order valence-corrected chi connectivity index (χ3v) is 4.10. The first-order valence-corrected chi connectivity index (χ1v) is 6.42. The van der Waals surface area contributed by atoms with Crippen molar-refractivity contribution in [2.45, 2.75) is 51.4 Å². The van der Waals surface area contributed by atoms with Crippen LogP contribution >= 0.6 is 0 Å². The summed E-state index contributed by atoms with van der Waals surface area (Å²) < 4.78 is 0. The molecule has 16 heavy (non-hydrogen) atoms. The number of hydrogen-bond donors (Lipinski definition) is 1. The Morgan fingerprint density at radius 2 is 2.12 bits per heavy atom. The topological polar surface area (TPSA) is 26.0 Å². The van der Waals surface area contributed by atoms with Crippen molar-refractivity contribution in [1.29, 1.82) is 0 Å². The van der Waals surface area contributed by atoms with E-state index in [2.05, 4.69) is 39.0 Å². The molecule has 1 unspecified atom stereocenters. The summed E-state index contributed by atoms with van der Waals surface area (Å²) in [6.45, 7) is 7.71. The largest absolute Gasteiger partial charge is 0.330 e. The Hall–Kier alpha value is -0.820. The van der Waals surface area contributed by atoms with Gasteiger partial charge in [-0.15, -0.1) is 0 Å². The lowest BCUT2D eigenvalue weighted by atomic mass is 9.68. The Kier molecular flexibility index (Phi) is 3.07. The maximum absolute atomic E-state index is 5.90. The van der Waals surface area contributed by atoms with Gasteiger partial charge in [-0.25, -0.2) is 0 Å². The number of aryl methyl sites for hydroxylation is 1. The van der Waals surface area contributed by atoms with Gasteiger partial charge in [-0.2, -0.15) is 0 Å². The van der Waals surface area contributed by atoms with Gasteiger partial charge >= 0.3 is 0 Å². The molecule has 88 valence electrons. The predicted molar refractivity (Wildman–Crippen MR) is 69.9 cm³/mol. The molecule has 1 aliphatic rings. The molecule has 1 nitrogen and oxygen atoms in total. The normalized spacial score (nSPS) is 22.9. The zero-order chi connectivity index (χ0) is 11.8. The van der Waals surface area contributed by atoms with Gasteiger partial charge in [0.15, 0.2) is 0 Å². The number of fused-ring (bicyclic) bond motifs is 1. The highest BCUT2D eigenvalue weighted by molar-refractivity contribution is 5.41. The SMILES string of the molecule is CCc1ccc2c(c1)C(CN)CCC2(C)C. The highest BCUT2D eigenvalue weighted by Crippen LogP contribution is 2.42. The summed E-state index contributed by atoms with van der Waals surface area (Å²) in [5.41, 5.74) is 10.7. The number of rotatable bonds is 2. The average Bonchev–Trinajstić information content (AvgIpc) is 2.28. The van der Waals surface area contributed by atoms with Crippen LogP contribution in [0.1, 0.15) is 56.2 Å². The van der Waals surface area contributed by atoms with Crippen molar-refractivity contribution in [2.75, 3.05) is 6.54 Å². The molecule has 1 aromatic carbocycles. The van der Waals surface area contributed by atoms with Gasteiger partial charge in [0.25, 0.3) is 0 Å². The smallest absolute Gasteiger partial charge is 0.000812 e. The second kappa shape index (κ2) is 4.21. The summed E-state index contributed by atoms with van der Waals surface area (Å²) in [5, 5.41) is 0. The molecule has 0 spiro atoms. The van der Waals surface area contributed by atoms with Gasteiger partial charge in [0, 0.05) is 0 Å². The van der Waals surface area contributed by atoms with E-state index in [-0.39, 0.29) is 0 Å². The highest BCUT2D eigenvalue weighted by Gasteiger charge is 2.31. The Balaban J connectivity index is 2.50. The molecule has 2 rings (SSSR count). The van der Waals surface area contributed by atoms with Gasteiger partial charge in [0.05, 0.1) is 0 Å². The highest BCUT2D eigenvalue weighted by atomic mass is 14.6. The van der Waals surface area contributed by atoms with Crippen LogP contribution in [-0.2, 0) is 11.8 Å². The van der Waals surface area contributed by atoms with E-state index in [1.165, 1.54) is 29.5 Å². The van der Waals surface area contributed by atoms with Crippen LogP contribution < -0.4 is 5.73 Å². The van der Waals surface area contributed by atoms with Crippen molar-refractivity contribution >= 4 is 0 Å². The Labute approximate surface area is 99.0 Å². The molecule has 1 atom stereocenters. The van der Waals surface area contributed by atoms with E-state index < -0.39 is 0 Å². The average molecular weight is 217 g/mol. The molecule has 0 fully saturated rings. The molecule has 1 aliphatic carbocycles. The molecule has 0 aliphatic heterocycles. The number of nitrogens with two attached hydrogens (primary N) is 1. The van der Waals surface area contributed by atoms with E-state index in [1.807, 2.05) is 0 Å². The molecule has 0 amide bonds.